The summed E-state index contributed by atoms with van der Waals surface area (Å²) < 4.78 is 29.0. The third kappa shape index (κ3) is 5.57. The second-order valence-electron chi connectivity index (χ2n) is 8.94. The summed E-state index contributed by atoms with van der Waals surface area (Å²) in [6.45, 7) is 4.16. The summed E-state index contributed by atoms with van der Waals surface area (Å²) in [5, 5.41) is 1.18. The van der Waals surface area contributed by atoms with E-state index in [0.29, 0.717) is 27.9 Å². The quantitative estimate of drug-likeness (QED) is 0.227. The minimum atomic E-state index is -3.75. The number of hydrogen-bond donors (Lipinski definition) is 1. The number of carbonyl (C=O) groups excluding carboxylic acids is 1. The van der Waals surface area contributed by atoms with Crippen LogP contribution in [0.5, 0.6) is 0 Å². The maximum Gasteiger partial charge on any atom is 0.261 e. The van der Waals surface area contributed by atoms with Crippen molar-refractivity contribution in [2.24, 2.45) is 0 Å². The minimum absolute atomic E-state index is 0.170. The van der Waals surface area contributed by atoms with E-state index in [0.717, 1.165) is 26.9 Å². The van der Waals surface area contributed by atoms with Gasteiger partial charge in [-0.25, -0.2) is 13.4 Å². The summed E-state index contributed by atoms with van der Waals surface area (Å²) >= 11 is 7.66. The van der Waals surface area contributed by atoms with Gasteiger partial charge in [-0.2, -0.15) is 0 Å². The molecule has 0 radical (unpaired) electrons. The van der Waals surface area contributed by atoms with E-state index in [9.17, 15) is 13.2 Å². The van der Waals surface area contributed by atoms with Crippen molar-refractivity contribution in [3.8, 4) is 0 Å². The maximum atomic E-state index is 13.8. The number of aromatic nitrogens is 1. The number of sulfonamides is 1. The molecule has 0 spiro atoms. The summed E-state index contributed by atoms with van der Waals surface area (Å²) in [7, 11) is -3.75. The van der Waals surface area contributed by atoms with Crippen LogP contribution in [0.3, 0.4) is 0 Å². The van der Waals surface area contributed by atoms with Crippen molar-refractivity contribution < 1.29 is 13.2 Å². The Morgan fingerprint density at radius 3 is 2.32 bits per heavy atom. The van der Waals surface area contributed by atoms with E-state index in [4.69, 9.17) is 16.6 Å². The first-order chi connectivity index (χ1) is 18.2. The van der Waals surface area contributed by atoms with Gasteiger partial charge in [-0.05, 0) is 73.5 Å². The number of fused-ring (bicyclic) bond motifs is 1. The number of halogens is 1. The first-order valence-corrected chi connectivity index (χ1v) is 14.5. The molecular formula is C29H24ClN3O3S2. The highest BCUT2D eigenvalue weighted by Crippen LogP contribution is 2.34. The highest BCUT2D eigenvalue weighted by atomic mass is 35.5. The molecule has 9 heteroatoms. The molecule has 0 aliphatic carbocycles. The number of amides is 1. The molecule has 0 unspecified atom stereocenters. The van der Waals surface area contributed by atoms with Crippen molar-refractivity contribution in [1.82, 2.24) is 4.98 Å². The van der Waals surface area contributed by atoms with Gasteiger partial charge < -0.3 is 0 Å². The third-order valence-corrected chi connectivity index (χ3v) is 8.65. The highest BCUT2D eigenvalue weighted by molar-refractivity contribution is 7.92. The van der Waals surface area contributed by atoms with Crippen LogP contribution in [0.15, 0.2) is 95.9 Å². The number of thiazole rings is 1. The average molecular weight is 562 g/mol. The van der Waals surface area contributed by atoms with Gasteiger partial charge in [0.25, 0.3) is 15.9 Å². The largest absolute Gasteiger partial charge is 0.280 e. The van der Waals surface area contributed by atoms with Crippen LogP contribution in [0.2, 0.25) is 5.02 Å². The fourth-order valence-electron chi connectivity index (χ4n) is 4.02. The lowest BCUT2D eigenvalue weighted by molar-refractivity contribution is 0.0985. The van der Waals surface area contributed by atoms with E-state index >= 15 is 0 Å². The van der Waals surface area contributed by atoms with Crippen molar-refractivity contribution >= 4 is 59.9 Å². The van der Waals surface area contributed by atoms with Gasteiger partial charge in [0.2, 0.25) is 0 Å². The lowest BCUT2D eigenvalue weighted by atomic mass is 10.1. The van der Waals surface area contributed by atoms with Gasteiger partial charge in [0, 0.05) is 16.3 Å². The van der Waals surface area contributed by atoms with Crippen LogP contribution in [0.25, 0.3) is 10.2 Å². The molecule has 1 aromatic heterocycles. The Labute approximate surface area is 230 Å². The average Bonchev–Trinajstić information content (AvgIpc) is 3.32. The molecule has 1 heterocycles. The number of anilines is 2. The van der Waals surface area contributed by atoms with Crippen LogP contribution < -0.4 is 9.62 Å². The van der Waals surface area contributed by atoms with Gasteiger partial charge in [0.1, 0.15) is 0 Å². The van der Waals surface area contributed by atoms with Crippen molar-refractivity contribution in [1.29, 1.82) is 0 Å². The van der Waals surface area contributed by atoms with E-state index in [-0.39, 0.29) is 10.8 Å². The second-order valence-corrected chi connectivity index (χ2v) is 12.1. The Morgan fingerprint density at radius 1 is 0.947 bits per heavy atom. The van der Waals surface area contributed by atoms with Gasteiger partial charge in [0.05, 0.1) is 21.7 Å². The molecule has 0 fully saturated rings. The van der Waals surface area contributed by atoms with E-state index in [1.54, 1.807) is 53.4 Å². The number of nitrogens with one attached hydrogen (secondary N) is 1. The second kappa shape index (κ2) is 10.6. The molecule has 0 aliphatic rings. The number of nitrogens with zero attached hydrogens (tertiary/aromatic N) is 2. The lowest BCUT2D eigenvalue weighted by Crippen LogP contribution is -2.30. The first-order valence-electron chi connectivity index (χ1n) is 11.8. The molecule has 6 nitrogen and oxygen atoms in total. The number of rotatable bonds is 7. The van der Waals surface area contributed by atoms with E-state index in [1.165, 1.54) is 11.3 Å². The van der Waals surface area contributed by atoms with Crippen molar-refractivity contribution in [3.05, 3.63) is 118 Å². The molecule has 1 N–H and O–H groups in total. The zero-order valence-corrected chi connectivity index (χ0v) is 23.1. The molecule has 1 amide bonds. The molecule has 0 bridgehead atoms. The molecule has 0 aliphatic heterocycles. The third-order valence-electron chi connectivity index (χ3n) is 6.01. The molecule has 0 saturated carbocycles. The molecule has 38 heavy (non-hydrogen) atoms. The van der Waals surface area contributed by atoms with Gasteiger partial charge in [-0.3, -0.25) is 14.4 Å². The topological polar surface area (TPSA) is 79.4 Å². The van der Waals surface area contributed by atoms with Gasteiger partial charge in [-0.1, -0.05) is 71.0 Å². The Bertz CT molecular complexity index is 1720. The SMILES string of the molecule is Cc1ccc(S(=O)(=O)Nc2ccc(C(=O)N(Cc3ccccc3)c3nc4c(C)cc(Cl)cc4s3)cc2)cc1. The predicted octanol–water partition coefficient (Wildman–Crippen LogP) is 7.21. The van der Waals surface area contributed by atoms with Crippen LogP contribution in [-0.4, -0.2) is 19.3 Å². The summed E-state index contributed by atoms with van der Waals surface area (Å²) in [5.74, 6) is -0.246. The predicted molar refractivity (Wildman–Crippen MR) is 155 cm³/mol. The molecule has 0 saturated heterocycles. The Balaban J connectivity index is 1.44. The van der Waals surface area contributed by atoms with Crippen LogP contribution in [0, 0.1) is 13.8 Å². The monoisotopic (exact) mass is 561 g/mol. The van der Waals surface area contributed by atoms with Crippen molar-refractivity contribution in [3.63, 3.8) is 0 Å². The zero-order valence-electron chi connectivity index (χ0n) is 20.7. The Morgan fingerprint density at radius 2 is 1.63 bits per heavy atom. The summed E-state index contributed by atoms with van der Waals surface area (Å²) in [6.07, 6.45) is 0. The summed E-state index contributed by atoms with van der Waals surface area (Å²) in [5.41, 5.74) is 4.44. The number of hydrogen-bond acceptors (Lipinski definition) is 5. The van der Waals surface area contributed by atoms with Gasteiger partial charge in [0.15, 0.2) is 5.13 Å². The normalized spacial score (nSPS) is 11.4. The van der Waals surface area contributed by atoms with Crippen LogP contribution in [-0.2, 0) is 16.6 Å². The summed E-state index contributed by atoms with van der Waals surface area (Å²) in [4.78, 5) is 20.3. The molecule has 0 atom stereocenters. The molecule has 5 rings (SSSR count). The fourth-order valence-corrected chi connectivity index (χ4v) is 6.50. The maximum absolute atomic E-state index is 13.8. The lowest BCUT2D eigenvalue weighted by Gasteiger charge is -2.20. The van der Waals surface area contributed by atoms with Crippen molar-refractivity contribution in [2.75, 3.05) is 9.62 Å². The Hall–Kier alpha value is -3.72. The Kier molecular flexibility index (Phi) is 7.21. The molecule has 192 valence electrons. The van der Waals surface area contributed by atoms with Crippen molar-refractivity contribution in [2.45, 2.75) is 25.3 Å². The zero-order chi connectivity index (χ0) is 26.9. The number of aryl methyl sites for hydroxylation is 2. The van der Waals surface area contributed by atoms with Crippen LogP contribution >= 0.6 is 22.9 Å². The molecule has 4 aromatic carbocycles. The molecular weight excluding hydrogens is 538 g/mol. The standard InChI is InChI=1S/C29H24ClN3O3S2/c1-19-8-14-25(15-9-19)38(35,36)32-24-12-10-22(11-13-24)28(34)33(18-21-6-4-3-5-7-21)29-31-27-20(2)16-23(30)17-26(27)37-29/h3-17,32H,18H2,1-2H3. The highest BCUT2D eigenvalue weighted by Gasteiger charge is 2.23. The molecule has 5 aromatic rings. The number of benzene rings is 4. The van der Waals surface area contributed by atoms with Gasteiger partial charge in [-0.15, -0.1) is 0 Å². The fraction of sp³-hybridized carbons (Fsp3) is 0.103. The smallest absolute Gasteiger partial charge is 0.261 e. The van der Waals surface area contributed by atoms with Gasteiger partial charge >= 0.3 is 0 Å². The number of carbonyl (C=O) groups is 1. The van der Waals surface area contributed by atoms with Crippen LogP contribution in [0.4, 0.5) is 10.8 Å². The first kappa shape index (κ1) is 25.9. The summed E-state index contributed by atoms with van der Waals surface area (Å²) in [6, 6.07) is 26.4. The van der Waals surface area contributed by atoms with E-state index < -0.39 is 10.0 Å². The van der Waals surface area contributed by atoms with E-state index in [2.05, 4.69) is 4.72 Å². The minimum Gasteiger partial charge on any atom is -0.280 e. The van der Waals surface area contributed by atoms with E-state index in [1.807, 2.05) is 56.3 Å². The van der Waals surface area contributed by atoms with Crippen LogP contribution in [0.1, 0.15) is 27.0 Å².